The molecule has 2 fully saturated rings. The molecule has 1 saturated carbocycles. The molecule has 2 aliphatic carbocycles. The average molecular weight is 401 g/mol. The zero-order valence-electron chi connectivity index (χ0n) is 18.5. The number of ether oxygens (including phenoxy) is 1. The zero-order chi connectivity index (χ0) is 21.3. The first-order valence-corrected chi connectivity index (χ1v) is 11.4. The van der Waals surface area contributed by atoms with Crippen molar-refractivity contribution in [3.8, 4) is 11.8 Å². The van der Waals surface area contributed by atoms with Gasteiger partial charge < -0.3 is 4.74 Å². The minimum absolute atomic E-state index is 0.00214. The van der Waals surface area contributed by atoms with Crippen LogP contribution in [0, 0.1) is 47.3 Å². The van der Waals surface area contributed by atoms with Gasteiger partial charge in [-0.2, -0.15) is 0 Å². The molecule has 0 N–H and O–H groups in total. The highest BCUT2D eigenvalue weighted by Crippen LogP contribution is 2.50. The Bertz CT molecular complexity index is 940. The summed E-state index contributed by atoms with van der Waals surface area (Å²) in [5, 5.41) is 0. The van der Waals surface area contributed by atoms with Crippen LogP contribution in [-0.4, -0.2) is 12.1 Å². The third-order valence-corrected chi connectivity index (χ3v) is 7.45. The van der Waals surface area contributed by atoms with E-state index < -0.39 is 0 Å². The predicted octanol–water partition coefficient (Wildman–Crippen LogP) is 6.07. The van der Waals surface area contributed by atoms with E-state index in [2.05, 4.69) is 76.0 Å². The lowest BCUT2D eigenvalue weighted by molar-refractivity contribution is -0.144. The number of carbonyl (C=O) groups is 1. The smallest absolute Gasteiger partial charge is 0.309 e. The van der Waals surface area contributed by atoms with Gasteiger partial charge in [-0.05, 0) is 55.2 Å². The van der Waals surface area contributed by atoms with Crippen molar-refractivity contribution >= 4 is 11.5 Å². The molecule has 0 amide bonds. The molecule has 7 unspecified atom stereocenters. The Kier molecular flexibility index (Phi) is 6.00. The van der Waals surface area contributed by atoms with Crippen LogP contribution in [0.1, 0.15) is 46.1 Å². The maximum atomic E-state index is 12.4. The van der Waals surface area contributed by atoms with Crippen molar-refractivity contribution in [2.24, 2.45) is 35.5 Å². The Labute approximate surface area is 181 Å². The molecule has 2 heteroatoms. The van der Waals surface area contributed by atoms with Gasteiger partial charge in [0, 0.05) is 17.4 Å². The van der Waals surface area contributed by atoms with E-state index in [1.165, 1.54) is 5.57 Å². The molecule has 0 bridgehead atoms. The van der Waals surface area contributed by atoms with Crippen LogP contribution in [0.25, 0.3) is 5.57 Å². The molecule has 1 saturated heterocycles. The van der Waals surface area contributed by atoms with E-state index in [1.807, 2.05) is 18.2 Å². The Morgan fingerprint density at radius 1 is 1.13 bits per heavy atom. The van der Waals surface area contributed by atoms with Gasteiger partial charge in [0.15, 0.2) is 0 Å². The molecule has 1 heterocycles. The van der Waals surface area contributed by atoms with Crippen LogP contribution < -0.4 is 0 Å². The second kappa shape index (κ2) is 8.68. The van der Waals surface area contributed by atoms with Crippen LogP contribution in [0.15, 0.2) is 60.2 Å². The summed E-state index contributed by atoms with van der Waals surface area (Å²) in [5.41, 5.74) is 3.45. The first-order chi connectivity index (χ1) is 14.5. The van der Waals surface area contributed by atoms with Crippen molar-refractivity contribution in [3.05, 3.63) is 65.8 Å². The third kappa shape index (κ3) is 3.91. The first kappa shape index (κ1) is 20.7. The Balaban J connectivity index is 1.61. The van der Waals surface area contributed by atoms with E-state index in [9.17, 15) is 4.79 Å². The Morgan fingerprint density at radius 3 is 2.63 bits per heavy atom. The number of benzene rings is 1. The van der Waals surface area contributed by atoms with Gasteiger partial charge >= 0.3 is 5.97 Å². The van der Waals surface area contributed by atoms with Gasteiger partial charge in [-0.25, -0.2) is 0 Å². The van der Waals surface area contributed by atoms with Crippen LogP contribution in [0.3, 0.4) is 0 Å². The molecule has 0 aromatic heterocycles. The van der Waals surface area contributed by atoms with E-state index in [4.69, 9.17) is 4.74 Å². The number of allylic oxidation sites excluding steroid dienone is 6. The molecule has 0 spiro atoms. The first-order valence-electron chi connectivity index (χ1n) is 11.4. The van der Waals surface area contributed by atoms with Crippen molar-refractivity contribution in [1.29, 1.82) is 0 Å². The van der Waals surface area contributed by atoms with E-state index >= 15 is 0 Å². The lowest BCUT2D eigenvalue weighted by atomic mass is 9.61. The molecule has 1 aromatic rings. The third-order valence-electron chi connectivity index (χ3n) is 7.45. The number of hydrogen-bond acceptors (Lipinski definition) is 2. The number of fused-ring (bicyclic) bond motifs is 1. The largest absolute Gasteiger partial charge is 0.462 e. The van der Waals surface area contributed by atoms with Gasteiger partial charge in [0.1, 0.15) is 6.10 Å². The van der Waals surface area contributed by atoms with Crippen LogP contribution in [0.4, 0.5) is 0 Å². The Hall–Kier alpha value is -2.53. The topological polar surface area (TPSA) is 26.3 Å². The molecular formula is C28H32O2. The average Bonchev–Trinajstić information content (AvgIpc) is 2.91. The second-order valence-corrected chi connectivity index (χ2v) is 9.13. The molecule has 156 valence electrons. The molecule has 1 aromatic carbocycles. The zero-order valence-corrected chi connectivity index (χ0v) is 18.5. The van der Waals surface area contributed by atoms with E-state index in [0.717, 1.165) is 24.0 Å². The van der Waals surface area contributed by atoms with Gasteiger partial charge in [0.2, 0.25) is 0 Å². The molecule has 7 atom stereocenters. The fourth-order valence-corrected chi connectivity index (χ4v) is 5.56. The SMILES string of the molecule is CCC1CC2C(=O)OC(C)C2C(C=CC2=CC=C(c3ccccc3)C#CC2C)C1C. The predicted molar refractivity (Wildman–Crippen MR) is 122 cm³/mol. The van der Waals surface area contributed by atoms with Gasteiger partial charge in [0.05, 0.1) is 5.92 Å². The number of carbonyl (C=O) groups excluding carboxylic acids is 1. The van der Waals surface area contributed by atoms with Crippen molar-refractivity contribution in [3.63, 3.8) is 0 Å². The summed E-state index contributed by atoms with van der Waals surface area (Å²) in [7, 11) is 0. The van der Waals surface area contributed by atoms with E-state index in [0.29, 0.717) is 17.8 Å². The van der Waals surface area contributed by atoms with E-state index in [1.54, 1.807) is 0 Å². The van der Waals surface area contributed by atoms with Crippen molar-refractivity contribution in [1.82, 2.24) is 0 Å². The van der Waals surface area contributed by atoms with Gasteiger partial charge in [-0.1, -0.05) is 80.7 Å². The Morgan fingerprint density at radius 2 is 1.90 bits per heavy atom. The molecule has 1 aliphatic heterocycles. The van der Waals surface area contributed by atoms with Crippen molar-refractivity contribution < 1.29 is 9.53 Å². The molecule has 30 heavy (non-hydrogen) atoms. The summed E-state index contributed by atoms with van der Waals surface area (Å²) < 4.78 is 5.66. The maximum Gasteiger partial charge on any atom is 0.309 e. The lowest BCUT2D eigenvalue weighted by Gasteiger charge is -2.41. The van der Waals surface area contributed by atoms with Crippen LogP contribution in [0.5, 0.6) is 0 Å². The van der Waals surface area contributed by atoms with Crippen molar-refractivity contribution in [2.45, 2.75) is 46.6 Å². The summed E-state index contributed by atoms with van der Waals surface area (Å²) in [5.74, 6) is 8.77. The second-order valence-electron chi connectivity index (χ2n) is 9.13. The van der Waals surface area contributed by atoms with Gasteiger partial charge in [-0.3, -0.25) is 4.79 Å². The summed E-state index contributed by atoms with van der Waals surface area (Å²) in [6.07, 6.45) is 11.0. The van der Waals surface area contributed by atoms with Gasteiger partial charge in [0.25, 0.3) is 0 Å². The van der Waals surface area contributed by atoms with Crippen molar-refractivity contribution in [2.75, 3.05) is 0 Å². The number of cyclic esters (lactones) is 1. The summed E-state index contributed by atoms with van der Waals surface area (Å²) in [6, 6.07) is 10.3. The molecule has 3 aliphatic rings. The summed E-state index contributed by atoms with van der Waals surface area (Å²) in [6.45, 7) is 8.83. The van der Waals surface area contributed by atoms with E-state index in [-0.39, 0.29) is 29.8 Å². The number of esters is 1. The minimum Gasteiger partial charge on any atom is -0.462 e. The fourth-order valence-electron chi connectivity index (χ4n) is 5.56. The molecule has 0 radical (unpaired) electrons. The molecule has 4 rings (SSSR count). The highest BCUT2D eigenvalue weighted by Gasteiger charge is 2.52. The maximum absolute atomic E-state index is 12.4. The standard InChI is InChI=1S/C28H32O2/c1-5-21-17-26-27(20(4)30-28(26)29)25(19(21)3)16-15-22-13-14-24(12-11-18(22)2)23-9-7-6-8-10-23/h6-10,13-16,18-21,25-27H,5,17H2,1-4H3. The fraction of sp³-hybridized carbons (Fsp3) is 0.464. The normalized spacial score (nSPS) is 35.6. The van der Waals surface area contributed by atoms with Crippen LogP contribution >= 0.6 is 0 Å². The quantitative estimate of drug-likeness (QED) is 0.453. The highest BCUT2D eigenvalue weighted by atomic mass is 16.6. The van der Waals surface area contributed by atoms with Gasteiger partial charge in [-0.15, -0.1) is 0 Å². The van der Waals surface area contributed by atoms with Crippen LogP contribution in [0.2, 0.25) is 0 Å². The lowest BCUT2D eigenvalue weighted by Crippen LogP contribution is -2.40. The summed E-state index contributed by atoms with van der Waals surface area (Å²) in [4.78, 5) is 12.4. The van der Waals surface area contributed by atoms with Crippen LogP contribution in [-0.2, 0) is 9.53 Å². The number of rotatable bonds is 4. The highest BCUT2D eigenvalue weighted by molar-refractivity contribution is 5.81. The minimum atomic E-state index is 0.00214. The summed E-state index contributed by atoms with van der Waals surface area (Å²) >= 11 is 0. The monoisotopic (exact) mass is 400 g/mol. The number of hydrogen-bond donors (Lipinski definition) is 0. The molecular weight excluding hydrogens is 368 g/mol. The molecule has 2 nitrogen and oxygen atoms in total.